The van der Waals surface area contributed by atoms with E-state index in [1.807, 2.05) is 48.5 Å². The van der Waals surface area contributed by atoms with Crippen LogP contribution >= 0.6 is 35.1 Å². The van der Waals surface area contributed by atoms with Crippen molar-refractivity contribution in [3.63, 3.8) is 0 Å². The molecule has 2 aromatic carbocycles. The van der Waals surface area contributed by atoms with Gasteiger partial charge < -0.3 is 0 Å². The van der Waals surface area contributed by atoms with E-state index in [9.17, 15) is 0 Å². The molecule has 0 bridgehead atoms. The van der Waals surface area contributed by atoms with Crippen LogP contribution in [0.15, 0.2) is 57.8 Å². The first kappa shape index (κ1) is 12.5. The van der Waals surface area contributed by atoms with E-state index in [-0.39, 0.29) is 0 Å². The highest BCUT2D eigenvalue weighted by molar-refractivity contribution is 7.98. The summed E-state index contributed by atoms with van der Waals surface area (Å²) in [5, 5.41) is 1.45. The van der Waals surface area contributed by atoms with Gasteiger partial charge in [-0.3, -0.25) is 0 Å². The maximum absolute atomic E-state index is 5.88. The van der Waals surface area contributed by atoms with Crippen molar-refractivity contribution >= 4 is 41.4 Å². The van der Waals surface area contributed by atoms with Gasteiger partial charge in [-0.2, -0.15) is 0 Å². The van der Waals surface area contributed by atoms with E-state index in [1.165, 1.54) is 11.9 Å². The fraction of sp³-hybridized carbons (Fsp3) is 0. The molecule has 0 aromatic heterocycles. The lowest BCUT2D eigenvalue weighted by Crippen LogP contribution is -1.78. The summed E-state index contributed by atoms with van der Waals surface area (Å²) in [4.78, 5) is 1.02. The number of halogens is 2. The Balaban J connectivity index is 2.00. The first-order valence-corrected chi connectivity index (χ1v) is 6.48. The van der Waals surface area contributed by atoms with Gasteiger partial charge in [0.25, 0.3) is 0 Å². The van der Waals surface area contributed by atoms with Crippen LogP contribution in [0.3, 0.4) is 0 Å². The number of nitrogens with zero attached hydrogens (tertiary/aromatic N) is 1. The minimum atomic E-state index is 0.719. The van der Waals surface area contributed by atoms with E-state index in [4.69, 9.17) is 23.2 Å². The molecule has 0 radical (unpaired) electrons. The van der Waals surface area contributed by atoms with Crippen LogP contribution in [0.1, 0.15) is 5.56 Å². The Hall–Kier alpha value is -0.960. The molecule has 2 aromatic rings. The molecule has 4 heteroatoms. The summed E-state index contributed by atoms with van der Waals surface area (Å²) in [6.45, 7) is 0. The standard InChI is InChI=1S/C13H9Cl2NS/c14-11-6-4-10(5-7-11)9-16-17-13-3-1-2-12(15)8-13/h1-9H. The normalized spacial score (nSPS) is 10.9. The largest absolute Gasteiger partial charge is 0.219 e. The average molecular weight is 282 g/mol. The minimum absolute atomic E-state index is 0.719. The molecule has 1 nitrogen and oxygen atoms in total. The third-order valence-electron chi connectivity index (χ3n) is 2.03. The molecular weight excluding hydrogens is 273 g/mol. The van der Waals surface area contributed by atoms with Gasteiger partial charge in [0.1, 0.15) is 0 Å². The molecule has 0 fully saturated rings. The zero-order valence-corrected chi connectivity index (χ0v) is 11.1. The fourth-order valence-electron chi connectivity index (χ4n) is 1.22. The Morgan fingerprint density at radius 2 is 1.71 bits per heavy atom. The van der Waals surface area contributed by atoms with Gasteiger partial charge in [0.15, 0.2) is 0 Å². The molecule has 0 atom stereocenters. The van der Waals surface area contributed by atoms with Crippen LogP contribution in [-0.4, -0.2) is 6.21 Å². The summed E-state index contributed by atoms with van der Waals surface area (Å²) < 4.78 is 4.27. The number of rotatable bonds is 3. The highest BCUT2D eigenvalue weighted by Gasteiger charge is 1.93. The topological polar surface area (TPSA) is 12.4 Å². The Kier molecular flexibility index (Phi) is 4.49. The Morgan fingerprint density at radius 3 is 2.41 bits per heavy atom. The van der Waals surface area contributed by atoms with Gasteiger partial charge in [-0.15, -0.1) is 0 Å². The van der Waals surface area contributed by atoms with Crippen molar-refractivity contribution in [2.75, 3.05) is 0 Å². The molecule has 0 unspecified atom stereocenters. The summed E-state index contributed by atoms with van der Waals surface area (Å²) in [6.07, 6.45) is 1.79. The maximum atomic E-state index is 5.88. The van der Waals surface area contributed by atoms with E-state index in [1.54, 1.807) is 6.21 Å². The molecule has 0 saturated heterocycles. The maximum Gasteiger partial charge on any atom is 0.0428 e. The van der Waals surface area contributed by atoms with E-state index < -0.39 is 0 Å². The first-order chi connectivity index (χ1) is 8.24. The third kappa shape index (κ3) is 4.08. The van der Waals surface area contributed by atoms with E-state index in [0.717, 1.165) is 20.5 Å². The van der Waals surface area contributed by atoms with Crippen LogP contribution in [0.5, 0.6) is 0 Å². The van der Waals surface area contributed by atoms with E-state index in [2.05, 4.69) is 4.40 Å². The van der Waals surface area contributed by atoms with Gasteiger partial charge in [-0.05, 0) is 35.9 Å². The molecule has 17 heavy (non-hydrogen) atoms. The summed E-state index contributed by atoms with van der Waals surface area (Å²) in [5.74, 6) is 0. The molecule has 0 saturated carbocycles. The smallest absolute Gasteiger partial charge is 0.0428 e. The molecule has 0 aliphatic carbocycles. The minimum Gasteiger partial charge on any atom is -0.219 e. The number of benzene rings is 2. The van der Waals surface area contributed by atoms with Crippen LogP contribution in [0.25, 0.3) is 0 Å². The monoisotopic (exact) mass is 281 g/mol. The second-order valence-electron chi connectivity index (χ2n) is 3.33. The second-order valence-corrected chi connectivity index (χ2v) is 5.07. The molecule has 0 spiro atoms. The summed E-state index contributed by atoms with van der Waals surface area (Å²) >= 11 is 13.1. The van der Waals surface area contributed by atoms with Crippen LogP contribution in [0.4, 0.5) is 0 Å². The Labute approximate surface area is 115 Å². The predicted octanol–water partition coefficient (Wildman–Crippen LogP) is 5.12. The molecule has 0 aliphatic heterocycles. The Bertz CT molecular complexity index is 523. The lowest BCUT2D eigenvalue weighted by Gasteiger charge is -1.96. The van der Waals surface area contributed by atoms with Gasteiger partial charge >= 0.3 is 0 Å². The van der Waals surface area contributed by atoms with Crippen LogP contribution in [-0.2, 0) is 0 Å². The van der Waals surface area contributed by atoms with Crippen molar-refractivity contribution in [1.82, 2.24) is 0 Å². The second kappa shape index (κ2) is 6.10. The van der Waals surface area contributed by atoms with Gasteiger partial charge in [-0.25, -0.2) is 4.40 Å². The third-order valence-corrected chi connectivity index (χ3v) is 3.19. The van der Waals surface area contributed by atoms with E-state index >= 15 is 0 Å². The quantitative estimate of drug-likeness (QED) is 0.562. The van der Waals surface area contributed by atoms with Crippen molar-refractivity contribution < 1.29 is 0 Å². The summed E-state index contributed by atoms with van der Waals surface area (Å²) in [5.41, 5.74) is 1.02. The number of hydrogen-bond acceptors (Lipinski definition) is 2. The molecule has 0 aliphatic rings. The molecule has 0 N–H and O–H groups in total. The SMILES string of the molecule is Clc1ccc(C=NSc2cccc(Cl)c2)cc1. The summed E-state index contributed by atoms with van der Waals surface area (Å²) in [7, 11) is 0. The van der Waals surface area contributed by atoms with Gasteiger partial charge in [0.05, 0.1) is 0 Å². The van der Waals surface area contributed by atoms with Crippen molar-refractivity contribution in [3.05, 3.63) is 64.1 Å². The van der Waals surface area contributed by atoms with Crippen LogP contribution in [0.2, 0.25) is 10.0 Å². The van der Waals surface area contributed by atoms with Crippen molar-refractivity contribution in [3.8, 4) is 0 Å². The van der Waals surface area contributed by atoms with Crippen molar-refractivity contribution in [2.45, 2.75) is 4.90 Å². The lowest BCUT2D eigenvalue weighted by molar-refractivity contribution is 1.46. The molecule has 0 amide bonds. The van der Waals surface area contributed by atoms with Crippen LogP contribution in [0, 0.1) is 0 Å². The predicted molar refractivity (Wildman–Crippen MR) is 76.4 cm³/mol. The van der Waals surface area contributed by atoms with Gasteiger partial charge in [0, 0.05) is 33.1 Å². The molecule has 0 heterocycles. The van der Waals surface area contributed by atoms with Crippen molar-refractivity contribution in [1.29, 1.82) is 0 Å². The Morgan fingerprint density at radius 1 is 0.941 bits per heavy atom. The summed E-state index contributed by atoms with van der Waals surface area (Å²) in [6, 6.07) is 15.1. The highest BCUT2D eigenvalue weighted by Crippen LogP contribution is 2.22. The molecule has 2 rings (SSSR count). The van der Waals surface area contributed by atoms with E-state index in [0.29, 0.717) is 0 Å². The van der Waals surface area contributed by atoms with Crippen molar-refractivity contribution in [2.24, 2.45) is 4.40 Å². The zero-order valence-electron chi connectivity index (χ0n) is 8.81. The zero-order chi connectivity index (χ0) is 12.1. The molecular formula is C13H9Cl2NS. The van der Waals surface area contributed by atoms with Gasteiger partial charge in [-0.1, -0.05) is 41.4 Å². The average Bonchev–Trinajstić information content (AvgIpc) is 2.32. The fourth-order valence-corrected chi connectivity index (χ4v) is 2.22. The highest BCUT2D eigenvalue weighted by atomic mass is 35.5. The first-order valence-electron chi connectivity index (χ1n) is 4.95. The van der Waals surface area contributed by atoms with Crippen LogP contribution < -0.4 is 0 Å². The molecule has 86 valence electrons. The lowest BCUT2D eigenvalue weighted by atomic mass is 10.2. The number of hydrogen-bond donors (Lipinski definition) is 0. The van der Waals surface area contributed by atoms with Gasteiger partial charge in [0.2, 0.25) is 0 Å².